The lowest BCUT2D eigenvalue weighted by Gasteiger charge is -2.36. The Bertz CT molecular complexity index is 289. The second-order valence-corrected chi connectivity index (χ2v) is 10.8. The number of hydrogen-bond acceptors (Lipinski definition) is 0. The minimum absolute atomic E-state index is 0.516. The third-order valence-corrected chi connectivity index (χ3v) is 6.35. The molecule has 0 spiro atoms. The van der Waals surface area contributed by atoms with E-state index in [4.69, 9.17) is 0 Å². The molecule has 2 fully saturated rings. The summed E-state index contributed by atoms with van der Waals surface area (Å²) in [6, 6.07) is 0. The highest BCUT2D eigenvalue weighted by atomic mass is 14.3. The van der Waals surface area contributed by atoms with E-state index in [2.05, 4.69) is 48.5 Å². The van der Waals surface area contributed by atoms with Gasteiger partial charge in [-0.15, -0.1) is 0 Å². The summed E-state index contributed by atoms with van der Waals surface area (Å²) >= 11 is 0. The van der Waals surface area contributed by atoms with E-state index in [1.54, 1.807) is 0 Å². The van der Waals surface area contributed by atoms with Gasteiger partial charge in [-0.3, -0.25) is 0 Å². The SMILES string of the molecule is CC(C)(C)CC1CCCCC1.CC(C1CCCCC1)C(C)(C)C. The first-order valence-corrected chi connectivity index (χ1v) is 10.6. The Morgan fingerprint density at radius 1 is 0.696 bits per heavy atom. The maximum absolute atomic E-state index is 2.44. The molecular formula is C23H46. The molecule has 2 rings (SSSR count). The average molecular weight is 323 g/mol. The quantitative estimate of drug-likeness (QED) is 0.480. The van der Waals surface area contributed by atoms with Crippen LogP contribution in [0, 0.1) is 28.6 Å². The fourth-order valence-electron chi connectivity index (χ4n) is 4.60. The molecule has 2 aliphatic carbocycles. The van der Waals surface area contributed by atoms with Crippen LogP contribution in [-0.4, -0.2) is 0 Å². The van der Waals surface area contributed by atoms with Gasteiger partial charge in [0.25, 0.3) is 0 Å². The second-order valence-electron chi connectivity index (χ2n) is 10.8. The third-order valence-electron chi connectivity index (χ3n) is 6.35. The van der Waals surface area contributed by atoms with Gasteiger partial charge in [0, 0.05) is 0 Å². The highest BCUT2D eigenvalue weighted by Crippen LogP contribution is 2.39. The van der Waals surface area contributed by atoms with E-state index in [1.807, 2.05) is 0 Å². The molecule has 0 nitrogen and oxygen atoms in total. The molecule has 0 amide bonds. The van der Waals surface area contributed by atoms with Gasteiger partial charge in [-0.1, -0.05) is 113 Å². The van der Waals surface area contributed by atoms with Crippen LogP contribution in [0.15, 0.2) is 0 Å². The van der Waals surface area contributed by atoms with Crippen LogP contribution in [0.5, 0.6) is 0 Å². The molecule has 0 heteroatoms. The average Bonchev–Trinajstić information content (AvgIpc) is 2.46. The molecule has 138 valence electrons. The van der Waals surface area contributed by atoms with Crippen molar-refractivity contribution in [2.45, 2.75) is 119 Å². The van der Waals surface area contributed by atoms with E-state index >= 15 is 0 Å². The van der Waals surface area contributed by atoms with Crippen LogP contribution >= 0.6 is 0 Å². The highest BCUT2D eigenvalue weighted by molar-refractivity contribution is 4.79. The Labute approximate surface area is 148 Å². The highest BCUT2D eigenvalue weighted by Gasteiger charge is 2.28. The molecule has 1 atom stereocenters. The summed E-state index contributed by atoms with van der Waals surface area (Å²) in [4.78, 5) is 0. The van der Waals surface area contributed by atoms with Gasteiger partial charge in [-0.05, 0) is 35.0 Å². The normalized spacial score (nSPS) is 23.1. The van der Waals surface area contributed by atoms with Crippen molar-refractivity contribution in [3.63, 3.8) is 0 Å². The molecule has 0 aliphatic heterocycles. The number of hydrogen-bond donors (Lipinski definition) is 0. The molecule has 0 aromatic rings. The van der Waals surface area contributed by atoms with Crippen molar-refractivity contribution in [2.75, 3.05) is 0 Å². The van der Waals surface area contributed by atoms with E-state index in [1.165, 1.54) is 70.6 Å². The fourth-order valence-corrected chi connectivity index (χ4v) is 4.60. The lowest BCUT2D eigenvalue weighted by molar-refractivity contribution is 0.141. The first kappa shape index (κ1) is 21.0. The lowest BCUT2D eigenvalue weighted by Crippen LogP contribution is -2.27. The van der Waals surface area contributed by atoms with Gasteiger partial charge in [0.05, 0.1) is 0 Å². The first-order chi connectivity index (χ1) is 10.6. The minimum atomic E-state index is 0.516. The Morgan fingerprint density at radius 3 is 1.52 bits per heavy atom. The molecule has 1 unspecified atom stereocenters. The van der Waals surface area contributed by atoms with Crippen molar-refractivity contribution in [3.8, 4) is 0 Å². The van der Waals surface area contributed by atoms with Crippen LogP contribution in [0.3, 0.4) is 0 Å². The van der Waals surface area contributed by atoms with E-state index in [9.17, 15) is 0 Å². The molecular weight excluding hydrogens is 276 g/mol. The molecule has 0 heterocycles. The van der Waals surface area contributed by atoms with Gasteiger partial charge in [-0.25, -0.2) is 0 Å². The summed E-state index contributed by atoms with van der Waals surface area (Å²) in [5.41, 5.74) is 1.07. The molecule has 23 heavy (non-hydrogen) atoms. The zero-order valence-corrected chi connectivity index (χ0v) is 17.5. The van der Waals surface area contributed by atoms with Gasteiger partial charge < -0.3 is 0 Å². The Morgan fingerprint density at radius 2 is 1.13 bits per heavy atom. The van der Waals surface area contributed by atoms with Gasteiger partial charge >= 0.3 is 0 Å². The monoisotopic (exact) mass is 322 g/mol. The van der Waals surface area contributed by atoms with E-state index in [-0.39, 0.29) is 0 Å². The summed E-state index contributed by atoms with van der Waals surface area (Å²) in [6.45, 7) is 16.7. The topological polar surface area (TPSA) is 0 Å². The largest absolute Gasteiger partial charge is 0.0617 e. The van der Waals surface area contributed by atoms with Crippen molar-refractivity contribution < 1.29 is 0 Å². The van der Waals surface area contributed by atoms with E-state index in [0.717, 1.165) is 17.8 Å². The van der Waals surface area contributed by atoms with Crippen LogP contribution in [0.2, 0.25) is 0 Å². The smallest absolute Gasteiger partial charge is 0.0354 e. The molecule has 0 saturated heterocycles. The standard InChI is InChI=1S/C12H24.C11H22/c1-10(12(2,3)4)11-8-6-5-7-9-11;1-11(2,3)9-10-7-5-4-6-8-10/h10-11H,5-9H2,1-4H3;10H,4-9H2,1-3H3. The molecule has 0 aromatic heterocycles. The summed E-state index contributed by atoms with van der Waals surface area (Å²) in [5.74, 6) is 2.96. The Hall–Kier alpha value is 0. The molecule has 2 aliphatic rings. The zero-order chi connectivity index (χ0) is 17.5. The van der Waals surface area contributed by atoms with E-state index < -0.39 is 0 Å². The van der Waals surface area contributed by atoms with Gasteiger partial charge in [0.15, 0.2) is 0 Å². The number of rotatable bonds is 2. The van der Waals surface area contributed by atoms with E-state index in [0.29, 0.717) is 10.8 Å². The van der Waals surface area contributed by atoms with Gasteiger partial charge in [-0.2, -0.15) is 0 Å². The van der Waals surface area contributed by atoms with Gasteiger partial charge in [0.2, 0.25) is 0 Å². The summed E-state index contributed by atoms with van der Waals surface area (Å²) in [6.07, 6.45) is 16.3. The van der Waals surface area contributed by atoms with Crippen LogP contribution < -0.4 is 0 Å². The predicted molar refractivity (Wildman–Crippen MR) is 106 cm³/mol. The Balaban J connectivity index is 0.000000231. The first-order valence-electron chi connectivity index (χ1n) is 10.6. The maximum atomic E-state index is 2.44. The molecule has 0 N–H and O–H groups in total. The fraction of sp³-hybridized carbons (Fsp3) is 1.00. The molecule has 0 bridgehead atoms. The summed E-state index contributed by atoms with van der Waals surface area (Å²) in [5, 5.41) is 0. The minimum Gasteiger partial charge on any atom is -0.0617 e. The van der Waals surface area contributed by atoms with Crippen molar-refractivity contribution in [3.05, 3.63) is 0 Å². The van der Waals surface area contributed by atoms with Gasteiger partial charge in [0.1, 0.15) is 0 Å². The van der Waals surface area contributed by atoms with Crippen LogP contribution in [0.25, 0.3) is 0 Å². The maximum Gasteiger partial charge on any atom is -0.0354 e. The molecule has 0 aromatic carbocycles. The molecule has 2 saturated carbocycles. The van der Waals surface area contributed by atoms with Crippen molar-refractivity contribution in [2.24, 2.45) is 28.6 Å². The van der Waals surface area contributed by atoms with Crippen molar-refractivity contribution in [1.82, 2.24) is 0 Å². The van der Waals surface area contributed by atoms with Crippen LogP contribution in [0.4, 0.5) is 0 Å². The second kappa shape index (κ2) is 9.47. The van der Waals surface area contributed by atoms with Crippen LogP contribution in [-0.2, 0) is 0 Å². The molecule has 0 radical (unpaired) electrons. The lowest BCUT2D eigenvalue weighted by atomic mass is 9.69. The summed E-state index contributed by atoms with van der Waals surface area (Å²) in [7, 11) is 0. The Kier molecular flexibility index (Phi) is 8.67. The van der Waals surface area contributed by atoms with Crippen molar-refractivity contribution in [1.29, 1.82) is 0 Å². The van der Waals surface area contributed by atoms with Crippen molar-refractivity contribution >= 4 is 0 Å². The zero-order valence-electron chi connectivity index (χ0n) is 17.5. The van der Waals surface area contributed by atoms with Crippen LogP contribution in [0.1, 0.15) is 119 Å². The third kappa shape index (κ3) is 9.16. The predicted octanol–water partition coefficient (Wildman–Crippen LogP) is 8.25. The summed E-state index contributed by atoms with van der Waals surface area (Å²) < 4.78 is 0.